The number of rotatable bonds is 7. The quantitative estimate of drug-likeness (QED) is 0.681. The van der Waals surface area contributed by atoms with Gasteiger partial charge in [0.15, 0.2) is 0 Å². The van der Waals surface area contributed by atoms with Gasteiger partial charge in [-0.25, -0.2) is 0 Å². The van der Waals surface area contributed by atoms with Crippen LogP contribution in [0.3, 0.4) is 0 Å². The van der Waals surface area contributed by atoms with Crippen molar-refractivity contribution in [1.29, 1.82) is 0 Å². The maximum absolute atomic E-state index is 10.1. The molecule has 122 valence electrons. The molecule has 2 atom stereocenters. The van der Waals surface area contributed by atoms with E-state index in [9.17, 15) is 5.11 Å². The summed E-state index contributed by atoms with van der Waals surface area (Å²) < 4.78 is 0. The first-order valence-electron chi connectivity index (χ1n) is 8.36. The summed E-state index contributed by atoms with van der Waals surface area (Å²) >= 11 is 0. The number of nitrogens with one attached hydrogen (secondary N) is 1. The summed E-state index contributed by atoms with van der Waals surface area (Å²) in [6, 6.07) is 31.0. The lowest BCUT2D eigenvalue weighted by molar-refractivity contribution is 0.235. The van der Waals surface area contributed by atoms with Crippen LogP contribution in [0.4, 0.5) is 0 Å². The van der Waals surface area contributed by atoms with E-state index in [0.717, 1.165) is 12.1 Å². The molecule has 0 aliphatic carbocycles. The molecule has 0 radical (unpaired) electrons. The van der Waals surface area contributed by atoms with E-state index < -0.39 is 0 Å². The van der Waals surface area contributed by atoms with Crippen molar-refractivity contribution in [1.82, 2.24) is 5.32 Å². The summed E-state index contributed by atoms with van der Waals surface area (Å²) in [5.41, 5.74) is 3.58. The van der Waals surface area contributed by atoms with Crippen LogP contribution in [-0.4, -0.2) is 11.7 Å². The van der Waals surface area contributed by atoms with Gasteiger partial charge in [-0.15, -0.1) is 0 Å². The van der Waals surface area contributed by atoms with E-state index in [1.807, 2.05) is 42.5 Å². The lowest BCUT2D eigenvalue weighted by atomic mass is 9.87. The zero-order chi connectivity index (χ0) is 16.6. The summed E-state index contributed by atoms with van der Waals surface area (Å²) in [6.45, 7) is 0.870. The Morgan fingerprint density at radius 1 is 0.667 bits per heavy atom. The van der Waals surface area contributed by atoms with Crippen molar-refractivity contribution in [2.24, 2.45) is 0 Å². The molecular formula is C22H23NO. The highest BCUT2D eigenvalue weighted by molar-refractivity contribution is 5.28. The van der Waals surface area contributed by atoms with Crippen molar-refractivity contribution in [3.05, 3.63) is 108 Å². The van der Waals surface area contributed by atoms with Gasteiger partial charge < -0.3 is 10.4 Å². The number of aliphatic hydroxyl groups is 1. The fraction of sp³-hybridized carbons (Fsp3) is 0.182. The highest BCUT2D eigenvalue weighted by Gasteiger charge is 2.23. The molecule has 0 unspecified atom stereocenters. The molecule has 0 aromatic heterocycles. The first kappa shape index (κ1) is 16.4. The van der Waals surface area contributed by atoms with Crippen LogP contribution >= 0.6 is 0 Å². The maximum atomic E-state index is 10.1. The van der Waals surface area contributed by atoms with Gasteiger partial charge in [0.05, 0.1) is 6.61 Å². The van der Waals surface area contributed by atoms with Gasteiger partial charge in [-0.2, -0.15) is 0 Å². The largest absolute Gasteiger partial charge is 0.396 e. The monoisotopic (exact) mass is 317 g/mol. The fourth-order valence-corrected chi connectivity index (χ4v) is 3.08. The summed E-state index contributed by atoms with van der Waals surface area (Å²) in [6.07, 6.45) is 0. The maximum Gasteiger partial charge on any atom is 0.0518 e. The Kier molecular flexibility index (Phi) is 5.78. The summed E-state index contributed by atoms with van der Waals surface area (Å²) in [5.74, 6) is 0.0114. The van der Waals surface area contributed by atoms with Gasteiger partial charge in [0.1, 0.15) is 0 Å². The molecule has 0 saturated carbocycles. The third-order valence-electron chi connectivity index (χ3n) is 4.35. The lowest BCUT2D eigenvalue weighted by Crippen LogP contribution is -2.28. The summed E-state index contributed by atoms with van der Waals surface area (Å²) in [4.78, 5) is 0. The number of aliphatic hydroxyl groups excluding tert-OH is 1. The Bertz CT molecular complexity index is 713. The third kappa shape index (κ3) is 4.10. The Morgan fingerprint density at radius 3 is 1.71 bits per heavy atom. The molecule has 3 rings (SSSR count). The molecule has 0 heterocycles. The molecule has 24 heavy (non-hydrogen) atoms. The van der Waals surface area contributed by atoms with Gasteiger partial charge in [0.2, 0.25) is 0 Å². The average Bonchev–Trinajstić information content (AvgIpc) is 2.67. The lowest BCUT2D eigenvalue weighted by Gasteiger charge is -2.28. The first-order chi connectivity index (χ1) is 11.9. The van der Waals surface area contributed by atoms with Crippen molar-refractivity contribution in [2.75, 3.05) is 6.61 Å². The molecule has 0 amide bonds. The predicted octanol–water partition coefficient (Wildman–Crippen LogP) is 4.29. The van der Waals surface area contributed by atoms with Crippen LogP contribution in [0.1, 0.15) is 28.7 Å². The van der Waals surface area contributed by atoms with Crippen molar-refractivity contribution in [3.8, 4) is 0 Å². The van der Waals surface area contributed by atoms with Gasteiger partial charge in [-0.3, -0.25) is 0 Å². The second-order valence-electron chi connectivity index (χ2n) is 5.95. The van der Waals surface area contributed by atoms with E-state index in [2.05, 4.69) is 53.8 Å². The summed E-state index contributed by atoms with van der Waals surface area (Å²) in [5, 5.41) is 13.7. The molecular weight excluding hydrogens is 294 g/mol. The SMILES string of the molecule is OC[C@H](c1ccccc1)[C@@H](NCc1ccccc1)c1ccccc1. The minimum absolute atomic E-state index is 0.0114. The van der Waals surface area contributed by atoms with E-state index in [0.29, 0.717) is 0 Å². The molecule has 2 N–H and O–H groups in total. The van der Waals surface area contributed by atoms with Crippen LogP contribution in [0.25, 0.3) is 0 Å². The zero-order valence-electron chi connectivity index (χ0n) is 13.7. The van der Waals surface area contributed by atoms with Crippen LogP contribution in [-0.2, 0) is 6.54 Å². The van der Waals surface area contributed by atoms with E-state index in [1.54, 1.807) is 0 Å². The number of hydrogen-bond donors (Lipinski definition) is 2. The van der Waals surface area contributed by atoms with Gasteiger partial charge in [-0.05, 0) is 16.7 Å². The first-order valence-corrected chi connectivity index (χ1v) is 8.36. The van der Waals surface area contributed by atoms with E-state index in [1.165, 1.54) is 11.1 Å². The van der Waals surface area contributed by atoms with Gasteiger partial charge >= 0.3 is 0 Å². The van der Waals surface area contributed by atoms with E-state index >= 15 is 0 Å². The van der Waals surface area contributed by atoms with Crippen LogP contribution in [0.15, 0.2) is 91.0 Å². The molecule has 0 aliphatic heterocycles. The zero-order valence-corrected chi connectivity index (χ0v) is 13.7. The molecule has 2 nitrogen and oxygen atoms in total. The Morgan fingerprint density at radius 2 is 1.17 bits per heavy atom. The molecule has 0 bridgehead atoms. The Labute approximate surface area is 143 Å². The average molecular weight is 317 g/mol. The van der Waals surface area contributed by atoms with E-state index in [4.69, 9.17) is 0 Å². The predicted molar refractivity (Wildman–Crippen MR) is 98.7 cm³/mol. The second-order valence-corrected chi connectivity index (χ2v) is 5.95. The van der Waals surface area contributed by atoms with Crippen LogP contribution in [0.5, 0.6) is 0 Å². The molecule has 2 heteroatoms. The van der Waals surface area contributed by atoms with Gasteiger partial charge in [-0.1, -0.05) is 91.0 Å². The molecule has 0 spiro atoms. The van der Waals surface area contributed by atoms with Crippen LogP contribution in [0, 0.1) is 0 Å². The van der Waals surface area contributed by atoms with Crippen molar-refractivity contribution >= 4 is 0 Å². The van der Waals surface area contributed by atoms with Crippen molar-refractivity contribution in [3.63, 3.8) is 0 Å². The van der Waals surface area contributed by atoms with Crippen LogP contribution in [0.2, 0.25) is 0 Å². The Balaban J connectivity index is 1.86. The minimum Gasteiger partial charge on any atom is -0.396 e. The fourth-order valence-electron chi connectivity index (χ4n) is 3.08. The van der Waals surface area contributed by atoms with Crippen molar-refractivity contribution in [2.45, 2.75) is 18.5 Å². The van der Waals surface area contributed by atoms with Gasteiger partial charge in [0.25, 0.3) is 0 Å². The molecule has 0 saturated heterocycles. The molecule has 0 aliphatic rings. The normalized spacial score (nSPS) is 13.4. The minimum atomic E-state index is 0.0114. The standard InChI is InChI=1S/C22H23NO/c24-17-21(19-12-6-2-7-13-19)22(20-14-8-3-9-15-20)23-16-18-10-4-1-5-11-18/h1-15,21-24H,16-17H2/t21-,22+/m1/s1. The molecule has 3 aromatic carbocycles. The number of hydrogen-bond acceptors (Lipinski definition) is 2. The number of benzene rings is 3. The Hall–Kier alpha value is -2.42. The smallest absolute Gasteiger partial charge is 0.0518 e. The summed E-state index contributed by atoms with van der Waals surface area (Å²) in [7, 11) is 0. The second kappa shape index (κ2) is 8.44. The molecule has 3 aromatic rings. The highest BCUT2D eigenvalue weighted by Crippen LogP contribution is 2.31. The van der Waals surface area contributed by atoms with Crippen LogP contribution < -0.4 is 5.32 Å². The topological polar surface area (TPSA) is 32.3 Å². The highest BCUT2D eigenvalue weighted by atomic mass is 16.3. The van der Waals surface area contributed by atoms with Gasteiger partial charge in [0, 0.05) is 18.5 Å². The van der Waals surface area contributed by atoms with Crippen molar-refractivity contribution < 1.29 is 5.11 Å². The third-order valence-corrected chi connectivity index (χ3v) is 4.35. The molecule has 0 fully saturated rings. The van der Waals surface area contributed by atoms with E-state index in [-0.39, 0.29) is 18.6 Å².